The molecular weight excluding hydrogens is 364 g/mol. The molecular formula is C22H36N6O. The number of hydrogen-bond acceptors (Lipinski definition) is 4. The molecule has 3 heterocycles. The van der Waals surface area contributed by atoms with Crippen molar-refractivity contribution in [3.63, 3.8) is 0 Å². The van der Waals surface area contributed by atoms with Crippen LogP contribution in [0.3, 0.4) is 0 Å². The van der Waals surface area contributed by atoms with Crippen molar-refractivity contribution in [3.8, 4) is 0 Å². The Morgan fingerprint density at radius 2 is 2.07 bits per heavy atom. The van der Waals surface area contributed by atoms with Crippen molar-refractivity contribution < 1.29 is 4.79 Å². The minimum atomic E-state index is 0.292. The standard InChI is InChI=1S/C22H36N6O/c1-3-23-22(24-11-5-13-28-12-4-6-21(28)29)26-17-19-7-8-20(25-16-19)27-14-9-18(2)10-15-27/h7-8,16,18H,3-6,9-15,17H2,1-2H3,(H2,23,24,26). The van der Waals surface area contributed by atoms with E-state index >= 15 is 0 Å². The number of nitrogens with one attached hydrogen (secondary N) is 2. The molecule has 7 heteroatoms. The predicted octanol–water partition coefficient (Wildman–Crippen LogP) is 2.39. The van der Waals surface area contributed by atoms with Crippen molar-refractivity contribution >= 4 is 17.7 Å². The number of piperidine rings is 1. The number of hydrogen-bond donors (Lipinski definition) is 2. The number of carbonyl (C=O) groups excluding carboxylic acids is 1. The highest BCUT2D eigenvalue weighted by molar-refractivity contribution is 5.79. The quantitative estimate of drug-likeness (QED) is 0.398. The predicted molar refractivity (Wildman–Crippen MR) is 118 cm³/mol. The number of likely N-dealkylation sites (tertiary alicyclic amines) is 1. The van der Waals surface area contributed by atoms with Crippen LogP contribution in [0.25, 0.3) is 0 Å². The van der Waals surface area contributed by atoms with E-state index in [1.165, 1.54) is 12.8 Å². The molecule has 0 saturated carbocycles. The second kappa shape index (κ2) is 11.0. The Balaban J connectivity index is 1.44. The van der Waals surface area contributed by atoms with E-state index in [0.29, 0.717) is 18.9 Å². The van der Waals surface area contributed by atoms with Gasteiger partial charge in [0.2, 0.25) is 5.91 Å². The largest absolute Gasteiger partial charge is 0.357 e. The Morgan fingerprint density at radius 3 is 2.72 bits per heavy atom. The lowest BCUT2D eigenvalue weighted by Gasteiger charge is -2.31. The van der Waals surface area contributed by atoms with Gasteiger partial charge in [0.15, 0.2) is 5.96 Å². The summed E-state index contributed by atoms with van der Waals surface area (Å²) in [5.74, 6) is 3.01. The number of aliphatic imine (C=N–C) groups is 1. The molecule has 2 aliphatic rings. The van der Waals surface area contributed by atoms with Crippen molar-refractivity contribution in [2.75, 3.05) is 44.2 Å². The third-order valence-electron chi connectivity index (χ3n) is 5.75. The maximum Gasteiger partial charge on any atom is 0.222 e. The zero-order valence-corrected chi connectivity index (χ0v) is 18.0. The zero-order chi connectivity index (χ0) is 20.5. The summed E-state index contributed by atoms with van der Waals surface area (Å²) in [5, 5.41) is 6.66. The molecule has 0 unspecified atom stereocenters. The van der Waals surface area contributed by atoms with Gasteiger partial charge in [0.1, 0.15) is 5.82 Å². The van der Waals surface area contributed by atoms with Crippen LogP contribution in [0.5, 0.6) is 0 Å². The molecule has 0 radical (unpaired) electrons. The maximum atomic E-state index is 11.7. The molecule has 0 aromatic carbocycles. The minimum absolute atomic E-state index is 0.292. The molecule has 29 heavy (non-hydrogen) atoms. The maximum absolute atomic E-state index is 11.7. The molecule has 0 bridgehead atoms. The Kier molecular flexibility index (Phi) is 8.14. The fourth-order valence-corrected chi connectivity index (χ4v) is 3.86. The normalized spacial score (nSPS) is 18.4. The summed E-state index contributed by atoms with van der Waals surface area (Å²) in [4.78, 5) is 25.3. The van der Waals surface area contributed by atoms with Gasteiger partial charge in [-0.2, -0.15) is 0 Å². The molecule has 160 valence electrons. The number of guanidine groups is 1. The molecule has 1 amide bonds. The molecule has 2 fully saturated rings. The molecule has 0 aliphatic carbocycles. The van der Waals surface area contributed by atoms with Crippen LogP contribution >= 0.6 is 0 Å². The Morgan fingerprint density at radius 1 is 1.24 bits per heavy atom. The van der Waals surface area contributed by atoms with E-state index in [4.69, 9.17) is 0 Å². The van der Waals surface area contributed by atoms with E-state index in [1.807, 2.05) is 11.1 Å². The third kappa shape index (κ3) is 6.61. The Labute approximate surface area is 175 Å². The molecule has 2 saturated heterocycles. The zero-order valence-electron chi connectivity index (χ0n) is 18.0. The first-order valence-corrected chi connectivity index (χ1v) is 11.2. The van der Waals surface area contributed by atoms with Crippen molar-refractivity contribution in [2.24, 2.45) is 10.9 Å². The van der Waals surface area contributed by atoms with Crippen LogP contribution in [0.4, 0.5) is 5.82 Å². The minimum Gasteiger partial charge on any atom is -0.357 e. The lowest BCUT2D eigenvalue weighted by molar-refractivity contribution is -0.127. The average molecular weight is 401 g/mol. The fourth-order valence-electron chi connectivity index (χ4n) is 3.86. The van der Waals surface area contributed by atoms with Gasteiger partial charge in [-0.15, -0.1) is 0 Å². The summed E-state index contributed by atoms with van der Waals surface area (Å²) in [7, 11) is 0. The first kappa shape index (κ1) is 21.4. The highest BCUT2D eigenvalue weighted by Gasteiger charge is 2.19. The van der Waals surface area contributed by atoms with Gasteiger partial charge in [0.05, 0.1) is 6.54 Å². The second-order valence-corrected chi connectivity index (χ2v) is 8.15. The van der Waals surface area contributed by atoms with Crippen molar-refractivity contribution in [1.82, 2.24) is 20.5 Å². The molecule has 0 spiro atoms. The van der Waals surface area contributed by atoms with E-state index in [1.54, 1.807) is 0 Å². The highest BCUT2D eigenvalue weighted by Crippen LogP contribution is 2.21. The van der Waals surface area contributed by atoms with Gasteiger partial charge in [0, 0.05) is 51.9 Å². The third-order valence-corrected chi connectivity index (χ3v) is 5.75. The van der Waals surface area contributed by atoms with E-state index in [-0.39, 0.29) is 0 Å². The van der Waals surface area contributed by atoms with Crippen LogP contribution in [0.1, 0.15) is 51.5 Å². The van der Waals surface area contributed by atoms with Crippen molar-refractivity contribution in [2.45, 2.75) is 52.5 Å². The van der Waals surface area contributed by atoms with Crippen LogP contribution in [0.15, 0.2) is 23.3 Å². The lowest BCUT2D eigenvalue weighted by atomic mass is 9.99. The monoisotopic (exact) mass is 400 g/mol. The molecule has 1 aromatic rings. The topological polar surface area (TPSA) is 72.9 Å². The second-order valence-electron chi connectivity index (χ2n) is 8.15. The Bertz CT molecular complexity index is 666. The summed E-state index contributed by atoms with van der Waals surface area (Å²) in [6, 6.07) is 4.25. The number of rotatable bonds is 8. The van der Waals surface area contributed by atoms with Crippen LogP contribution in [-0.4, -0.2) is 61.0 Å². The number of carbonyl (C=O) groups is 1. The first-order chi connectivity index (χ1) is 14.2. The number of amides is 1. The summed E-state index contributed by atoms with van der Waals surface area (Å²) >= 11 is 0. The van der Waals surface area contributed by atoms with E-state index in [9.17, 15) is 4.79 Å². The smallest absolute Gasteiger partial charge is 0.222 e. The molecule has 2 N–H and O–H groups in total. The summed E-state index contributed by atoms with van der Waals surface area (Å²) < 4.78 is 0. The number of pyridine rings is 1. The number of nitrogens with zero attached hydrogens (tertiary/aromatic N) is 4. The van der Waals surface area contributed by atoms with Gasteiger partial charge in [-0.05, 0) is 50.2 Å². The lowest BCUT2D eigenvalue weighted by Crippen LogP contribution is -2.39. The molecule has 3 rings (SSSR count). The van der Waals surface area contributed by atoms with Crippen molar-refractivity contribution in [1.29, 1.82) is 0 Å². The molecule has 7 nitrogen and oxygen atoms in total. The van der Waals surface area contributed by atoms with Crippen LogP contribution < -0.4 is 15.5 Å². The summed E-state index contributed by atoms with van der Waals surface area (Å²) in [5.41, 5.74) is 1.11. The van der Waals surface area contributed by atoms with Gasteiger partial charge in [0.25, 0.3) is 0 Å². The van der Waals surface area contributed by atoms with Gasteiger partial charge in [-0.1, -0.05) is 13.0 Å². The molecule has 2 aliphatic heterocycles. The molecule has 1 aromatic heterocycles. The van der Waals surface area contributed by atoms with Gasteiger partial charge in [-0.3, -0.25) is 4.79 Å². The first-order valence-electron chi connectivity index (χ1n) is 11.2. The van der Waals surface area contributed by atoms with Gasteiger partial charge >= 0.3 is 0 Å². The van der Waals surface area contributed by atoms with E-state index in [0.717, 1.165) is 75.4 Å². The van der Waals surface area contributed by atoms with E-state index < -0.39 is 0 Å². The number of anilines is 1. The van der Waals surface area contributed by atoms with Crippen LogP contribution in [0.2, 0.25) is 0 Å². The fraction of sp³-hybridized carbons (Fsp3) is 0.682. The SMILES string of the molecule is CCNC(=NCc1ccc(N2CCC(C)CC2)nc1)NCCCN1CCCC1=O. The Hall–Kier alpha value is -2.31. The average Bonchev–Trinajstić information content (AvgIpc) is 3.15. The highest BCUT2D eigenvalue weighted by atomic mass is 16.2. The van der Waals surface area contributed by atoms with E-state index in [2.05, 4.69) is 51.5 Å². The summed E-state index contributed by atoms with van der Waals surface area (Å²) in [6.45, 7) is 10.6. The summed E-state index contributed by atoms with van der Waals surface area (Å²) in [6.07, 6.45) is 7.08. The van der Waals surface area contributed by atoms with Crippen LogP contribution in [0, 0.1) is 5.92 Å². The van der Waals surface area contributed by atoms with Crippen LogP contribution in [-0.2, 0) is 11.3 Å². The van der Waals surface area contributed by atoms with Gasteiger partial charge < -0.3 is 20.4 Å². The number of aromatic nitrogens is 1. The van der Waals surface area contributed by atoms with Crippen molar-refractivity contribution in [3.05, 3.63) is 23.9 Å². The van der Waals surface area contributed by atoms with Gasteiger partial charge in [-0.25, -0.2) is 9.98 Å². The molecule has 0 atom stereocenters.